The van der Waals surface area contributed by atoms with Gasteiger partial charge in [-0.25, -0.2) is 4.98 Å². The standard InChI is InChI=1S/C14H11ClN2S/c15-9-10-3-1-2-4-12(10)17-14-11-6-8-18-13(11)5-7-16-14/h1-8H,9H2,(H,16,17). The number of benzene rings is 1. The molecule has 2 nitrogen and oxygen atoms in total. The highest BCUT2D eigenvalue weighted by Crippen LogP contribution is 2.29. The van der Waals surface area contributed by atoms with Crippen molar-refractivity contribution < 1.29 is 0 Å². The number of pyridine rings is 1. The van der Waals surface area contributed by atoms with Gasteiger partial charge in [-0.1, -0.05) is 18.2 Å². The summed E-state index contributed by atoms with van der Waals surface area (Å²) in [4.78, 5) is 4.40. The van der Waals surface area contributed by atoms with Crippen LogP contribution in [0.15, 0.2) is 48.0 Å². The van der Waals surface area contributed by atoms with E-state index in [1.165, 1.54) is 4.70 Å². The van der Waals surface area contributed by atoms with Crippen LogP contribution in [0.4, 0.5) is 11.5 Å². The minimum atomic E-state index is 0.489. The van der Waals surface area contributed by atoms with E-state index in [0.717, 1.165) is 22.5 Å². The fraction of sp³-hybridized carbons (Fsp3) is 0.0714. The summed E-state index contributed by atoms with van der Waals surface area (Å²) in [5, 5.41) is 6.58. The van der Waals surface area contributed by atoms with Crippen LogP contribution < -0.4 is 5.32 Å². The maximum absolute atomic E-state index is 5.94. The predicted molar refractivity (Wildman–Crippen MR) is 78.9 cm³/mol. The second kappa shape index (κ2) is 4.96. The molecule has 90 valence electrons. The summed E-state index contributed by atoms with van der Waals surface area (Å²) >= 11 is 7.65. The molecule has 0 unspecified atom stereocenters. The number of fused-ring (bicyclic) bond motifs is 1. The molecule has 2 heterocycles. The molecule has 0 aliphatic rings. The Kier molecular flexibility index (Phi) is 3.17. The first-order valence-electron chi connectivity index (χ1n) is 5.61. The van der Waals surface area contributed by atoms with Crippen LogP contribution in [-0.4, -0.2) is 4.98 Å². The Bertz CT molecular complexity index is 678. The van der Waals surface area contributed by atoms with Gasteiger partial charge in [0.05, 0.1) is 0 Å². The van der Waals surface area contributed by atoms with Crippen molar-refractivity contribution in [2.75, 3.05) is 5.32 Å². The molecule has 18 heavy (non-hydrogen) atoms. The fourth-order valence-corrected chi connectivity index (χ4v) is 2.90. The molecule has 0 radical (unpaired) electrons. The van der Waals surface area contributed by atoms with E-state index in [1.807, 2.05) is 36.5 Å². The fourth-order valence-electron chi connectivity index (χ4n) is 1.88. The van der Waals surface area contributed by atoms with Crippen molar-refractivity contribution in [3.63, 3.8) is 0 Å². The van der Waals surface area contributed by atoms with Gasteiger partial charge in [0.1, 0.15) is 5.82 Å². The van der Waals surface area contributed by atoms with Gasteiger partial charge in [0, 0.05) is 27.9 Å². The van der Waals surface area contributed by atoms with Gasteiger partial charge in [0.25, 0.3) is 0 Å². The van der Waals surface area contributed by atoms with Crippen molar-refractivity contribution in [2.45, 2.75) is 5.88 Å². The quantitative estimate of drug-likeness (QED) is 0.695. The summed E-state index contributed by atoms with van der Waals surface area (Å²) in [7, 11) is 0. The zero-order valence-corrected chi connectivity index (χ0v) is 11.1. The number of rotatable bonds is 3. The highest BCUT2D eigenvalue weighted by atomic mass is 35.5. The minimum absolute atomic E-state index is 0.489. The van der Waals surface area contributed by atoms with Gasteiger partial charge in [-0.3, -0.25) is 0 Å². The van der Waals surface area contributed by atoms with Crippen LogP contribution in [-0.2, 0) is 5.88 Å². The number of halogens is 1. The van der Waals surface area contributed by atoms with Crippen molar-refractivity contribution >= 4 is 44.5 Å². The van der Waals surface area contributed by atoms with Crippen LogP contribution in [0.1, 0.15) is 5.56 Å². The average molecular weight is 275 g/mol. The lowest BCUT2D eigenvalue weighted by molar-refractivity contribution is 1.31. The first-order chi connectivity index (χ1) is 8.88. The molecule has 1 aromatic carbocycles. The van der Waals surface area contributed by atoms with Crippen LogP contribution in [0.5, 0.6) is 0 Å². The number of para-hydroxylation sites is 1. The first kappa shape index (κ1) is 11.5. The number of hydrogen-bond acceptors (Lipinski definition) is 3. The van der Waals surface area contributed by atoms with Gasteiger partial charge in [0.2, 0.25) is 0 Å². The topological polar surface area (TPSA) is 24.9 Å². The number of nitrogens with one attached hydrogen (secondary N) is 1. The molecule has 0 atom stereocenters. The zero-order chi connectivity index (χ0) is 12.4. The second-order valence-corrected chi connectivity index (χ2v) is 5.12. The third kappa shape index (κ3) is 2.07. The molecule has 3 aromatic rings. The lowest BCUT2D eigenvalue weighted by Crippen LogP contribution is -1.96. The highest BCUT2D eigenvalue weighted by molar-refractivity contribution is 7.17. The largest absolute Gasteiger partial charge is 0.339 e. The summed E-state index contributed by atoms with van der Waals surface area (Å²) in [5.74, 6) is 1.37. The van der Waals surface area contributed by atoms with E-state index in [0.29, 0.717) is 5.88 Å². The summed E-state index contributed by atoms with van der Waals surface area (Å²) < 4.78 is 1.23. The lowest BCUT2D eigenvalue weighted by Gasteiger charge is -2.10. The van der Waals surface area contributed by atoms with E-state index in [-0.39, 0.29) is 0 Å². The molecule has 4 heteroatoms. The molecule has 0 fully saturated rings. The maximum Gasteiger partial charge on any atom is 0.139 e. The third-order valence-electron chi connectivity index (χ3n) is 2.79. The molecule has 0 aliphatic carbocycles. The van der Waals surface area contributed by atoms with Gasteiger partial charge in [-0.2, -0.15) is 0 Å². The summed E-state index contributed by atoms with van der Waals surface area (Å²) in [5.41, 5.74) is 2.09. The molecular formula is C14H11ClN2S. The lowest BCUT2D eigenvalue weighted by atomic mass is 10.2. The van der Waals surface area contributed by atoms with E-state index < -0.39 is 0 Å². The minimum Gasteiger partial charge on any atom is -0.339 e. The number of nitrogens with zero attached hydrogens (tertiary/aromatic N) is 1. The number of thiophene rings is 1. The van der Waals surface area contributed by atoms with Crippen molar-refractivity contribution in [3.05, 3.63) is 53.5 Å². The van der Waals surface area contributed by atoms with Crippen molar-refractivity contribution in [1.29, 1.82) is 0 Å². The Balaban J connectivity index is 2.04. The molecule has 3 rings (SSSR count). The molecule has 0 spiro atoms. The maximum atomic E-state index is 5.94. The van der Waals surface area contributed by atoms with E-state index in [2.05, 4.69) is 21.7 Å². The van der Waals surface area contributed by atoms with Crippen LogP contribution >= 0.6 is 22.9 Å². The molecular weight excluding hydrogens is 264 g/mol. The van der Waals surface area contributed by atoms with E-state index in [4.69, 9.17) is 11.6 Å². The number of hydrogen-bond donors (Lipinski definition) is 1. The summed E-state index contributed by atoms with van der Waals surface area (Å²) in [6.45, 7) is 0. The molecule has 0 aliphatic heterocycles. The predicted octanol–water partition coefficient (Wildman–Crippen LogP) is 4.78. The van der Waals surface area contributed by atoms with Gasteiger partial charge in [-0.05, 0) is 29.1 Å². The summed E-state index contributed by atoms with van der Waals surface area (Å²) in [6, 6.07) is 12.1. The highest BCUT2D eigenvalue weighted by Gasteiger charge is 2.06. The van der Waals surface area contributed by atoms with E-state index >= 15 is 0 Å². The molecule has 0 bridgehead atoms. The third-order valence-corrected chi connectivity index (χ3v) is 3.96. The SMILES string of the molecule is ClCc1ccccc1Nc1nccc2sccc12. The van der Waals surface area contributed by atoms with Crippen LogP contribution in [0.2, 0.25) is 0 Å². The first-order valence-corrected chi connectivity index (χ1v) is 7.03. The Hall–Kier alpha value is -1.58. The van der Waals surface area contributed by atoms with Crippen molar-refractivity contribution in [2.24, 2.45) is 0 Å². The van der Waals surface area contributed by atoms with Crippen LogP contribution in [0.3, 0.4) is 0 Å². The monoisotopic (exact) mass is 274 g/mol. The van der Waals surface area contributed by atoms with Crippen molar-refractivity contribution in [3.8, 4) is 0 Å². The Labute approximate surface area is 114 Å². The summed E-state index contributed by atoms with van der Waals surface area (Å²) in [6.07, 6.45) is 1.82. The van der Waals surface area contributed by atoms with E-state index in [1.54, 1.807) is 11.3 Å². The molecule has 0 amide bonds. The smallest absolute Gasteiger partial charge is 0.139 e. The molecule has 0 saturated heterocycles. The normalized spacial score (nSPS) is 10.7. The van der Waals surface area contributed by atoms with E-state index in [9.17, 15) is 0 Å². The van der Waals surface area contributed by atoms with Crippen molar-refractivity contribution in [1.82, 2.24) is 4.98 Å². The Morgan fingerprint density at radius 2 is 2.06 bits per heavy atom. The Morgan fingerprint density at radius 3 is 2.94 bits per heavy atom. The average Bonchev–Trinajstić information content (AvgIpc) is 2.89. The number of aromatic nitrogens is 1. The van der Waals surface area contributed by atoms with Crippen LogP contribution in [0, 0.1) is 0 Å². The van der Waals surface area contributed by atoms with Crippen LogP contribution in [0.25, 0.3) is 10.1 Å². The number of alkyl halides is 1. The molecule has 0 saturated carbocycles. The van der Waals surface area contributed by atoms with Gasteiger partial charge in [0.15, 0.2) is 0 Å². The van der Waals surface area contributed by atoms with Gasteiger partial charge >= 0.3 is 0 Å². The van der Waals surface area contributed by atoms with Gasteiger partial charge in [-0.15, -0.1) is 22.9 Å². The number of anilines is 2. The zero-order valence-electron chi connectivity index (χ0n) is 9.56. The second-order valence-electron chi connectivity index (χ2n) is 3.91. The van der Waals surface area contributed by atoms with Gasteiger partial charge < -0.3 is 5.32 Å². The molecule has 1 N–H and O–H groups in total. The Morgan fingerprint density at radius 1 is 1.17 bits per heavy atom. The molecule has 2 aromatic heterocycles.